The Kier molecular flexibility index (Phi) is 6.82. The molecule has 2 aromatic carbocycles. The van der Waals surface area contributed by atoms with Crippen LogP contribution in [0.1, 0.15) is 24.2 Å². The van der Waals surface area contributed by atoms with Crippen LogP contribution in [0.25, 0.3) is 0 Å². The lowest BCUT2D eigenvalue weighted by molar-refractivity contribution is -0.134. The number of hydrogen-bond acceptors (Lipinski definition) is 3. The third-order valence-electron chi connectivity index (χ3n) is 4.74. The maximum Gasteiger partial charge on any atom is 0.255 e. The summed E-state index contributed by atoms with van der Waals surface area (Å²) in [5.74, 6) is 0.0161. The smallest absolute Gasteiger partial charge is 0.255 e. The Morgan fingerprint density at radius 1 is 1.04 bits per heavy atom. The van der Waals surface area contributed by atoms with Crippen LogP contribution in [0.3, 0.4) is 0 Å². The number of piperazine rings is 1. The average molecular weight is 512 g/mol. The summed E-state index contributed by atoms with van der Waals surface area (Å²) in [6.45, 7) is 6.62. The molecule has 1 aliphatic rings. The van der Waals surface area contributed by atoms with Gasteiger partial charge in [0.05, 0.1) is 11.4 Å². The third kappa shape index (κ3) is 4.97. The molecule has 0 aliphatic carbocycles. The van der Waals surface area contributed by atoms with Gasteiger partial charge in [-0.2, -0.15) is 0 Å². The van der Waals surface area contributed by atoms with Gasteiger partial charge >= 0.3 is 0 Å². The molecular formula is C21H23ClIN3O2. The van der Waals surface area contributed by atoms with Gasteiger partial charge in [0, 0.05) is 46.3 Å². The highest BCUT2D eigenvalue weighted by Crippen LogP contribution is 2.30. The summed E-state index contributed by atoms with van der Waals surface area (Å²) in [6.07, 6.45) is 0. The summed E-state index contributed by atoms with van der Waals surface area (Å²) in [6, 6.07) is 12.9. The Morgan fingerprint density at radius 2 is 1.68 bits per heavy atom. The Bertz CT molecular complexity index is 862. The number of nitrogens with one attached hydrogen (secondary N) is 1. The monoisotopic (exact) mass is 511 g/mol. The number of hydrogen-bond donors (Lipinski definition) is 1. The van der Waals surface area contributed by atoms with E-state index in [1.54, 1.807) is 18.2 Å². The quantitative estimate of drug-likeness (QED) is 0.615. The fraction of sp³-hybridized carbons (Fsp3) is 0.333. The van der Waals surface area contributed by atoms with Gasteiger partial charge in [-0.05, 0) is 65.1 Å². The Morgan fingerprint density at radius 3 is 2.29 bits per heavy atom. The van der Waals surface area contributed by atoms with Crippen molar-refractivity contribution in [3.8, 4) is 0 Å². The lowest BCUT2D eigenvalue weighted by Crippen LogP contribution is -2.50. The Hall–Kier alpha value is -1.80. The van der Waals surface area contributed by atoms with Gasteiger partial charge in [-0.25, -0.2) is 0 Å². The minimum Gasteiger partial charge on any atom is -0.366 e. The molecule has 2 amide bonds. The lowest BCUT2D eigenvalue weighted by atomic mass is 10.1. The number of amides is 2. The molecule has 1 aliphatic heterocycles. The molecule has 0 atom stereocenters. The van der Waals surface area contributed by atoms with Gasteiger partial charge in [-0.15, -0.1) is 0 Å². The second kappa shape index (κ2) is 9.13. The van der Waals surface area contributed by atoms with Crippen LogP contribution in [0.15, 0.2) is 42.5 Å². The molecule has 0 spiro atoms. The molecule has 3 rings (SSSR count). The van der Waals surface area contributed by atoms with Crippen molar-refractivity contribution in [3.63, 3.8) is 0 Å². The van der Waals surface area contributed by atoms with E-state index in [0.717, 1.165) is 9.26 Å². The SMILES string of the molecule is CC(C)C(=O)N1CCN(c2ccc(Cl)cc2NC(=O)c2ccc(I)cc2)CC1. The first-order chi connectivity index (χ1) is 13.3. The van der Waals surface area contributed by atoms with Crippen LogP contribution in [-0.2, 0) is 4.79 Å². The van der Waals surface area contributed by atoms with Crippen LogP contribution in [0, 0.1) is 9.49 Å². The molecule has 0 bridgehead atoms. The maximum absolute atomic E-state index is 12.7. The molecule has 1 fully saturated rings. The first-order valence-electron chi connectivity index (χ1n) is 9.25. The summed E-state index contributed by atoms with van der Waals surface area (Å²) in [5, 5.41) is 3.55. The van der Waals surface area contributed by atoms with Gasteiger partial charge in [0.25, 0.3) is 5.91 Å². The third-order valence-corrected chi connectivity index (χ3v) is 5.69. The molecule has 0 radical (unpaired) electrons. The fourth-order valence-electron chi connectivity index (χ4n) is 3.21. The standard InChI is InChI=1S/C21H23ClIN3O2/c1-14(2)21(28)26-11-9-25(10-12-26)19-8-5-16(22)13-18(19)24-20(27)15-3-6-17(23)7-4-15/h3-8,13-14H,9-12H2,1-2H3,(H,24,27). The van der Waals surface area contributed by atoms with E-state index in [2.05, 4.69) is 32.8 Å². The molecular weight excluding hydrogens is 489 g/mol. The molecule has 7 heteroatoms. The van der Waals surface area contributed by atoms with Crippen molar-refractivity contribution in [1.29, 1.82) is 0 Å². The van der Waals surface area contributed by atoms with Gasteiger partial charge in [0.2, 0.25) is 5.91 Å². The highest BCUT2D eigenvalue weighted by molar-refractivity contribution is 14.1. The van der Waals surface area contributed by atoms with Crippen LogP contribution in [0.4, 0.5) is 11.4 Å². The van der Waals surface area contributed by atoms with Gasteiger partial charge in [0.15, 0.2) is 0 Å². The van der Waals surface area contributed by atoms with Crippen LogP contribution >= 0.6 is 34.2 Å². The van der Waals surface area contributed by atoms with E-state index in [-0.39, 0.29) is 17.7 Å². The highest BCUT2D eigenvalue weighted by atomic mass is 127. The number of nitrogens with zero attached hydrogens (tertiary/aromatic N) is 2. The number of anilines is 2. The minimum atomic E-state index is -0.173. The lowest BCUT2D eigenvalue weighted by Gasteiger charge is -2.37. The zero-order valence-electron chi connectivity index (χ0n) is 15.9. The first-order valence-corrected chi connectivity index (χ1v) is 10.7. The molecule has 0 aromatic heterocycles. The molecule has 0 unspecified atom stereocenters. The van der Waals surface area contributed by atoms with E-state index in [1.165, 1.54) is 0 Å². The zero-order chi connectivity index (χ0) is 20.3. The summed E-state index contributed by atoms with van der Waals surface area (Å²) >= 11 is 8.39. The van der Waals surface area contributed by atoms with E-state index in [4.69, 9.17) is 11.6 Å². The zero-order valence-corrected chi connectivity index (χ0v) is 18.8. The second-order valence-electron chi connectivity index (χ2n) is 7.09. The molecule has 148 valence electrons. The molecule has 1 heterocycles. The van der Waals surface area contributed by atoms with Crippen molar-refractivity contribution in [2.45, 2.75) is 13.8 Å². The molecule has 0 saturated carbocycles. The predicted molar refractivity (Wildman–Crippen MR) is 122 cm³/mol. The van der Waals surface area contributed by atoms with Crippen molar-refractivity contribution in [2.24, 2.45) is 5.92 Å². The number of benzene rings is 2. The van der Waals surface area contributed by atoms with Crippen LogP contribution in [0.5, 0.6) is 0 Å². The van der Waals surface area contributed by atoms with Crippen molar-refractivity contribution in [2.75, 3.05) is 36.4 Å². The normalized spacial score (nSPS) is 14.3. The second-order valence-corrected chi connectivity index (χ2v) is 8.77. The van der Waals surface area contributed by atoms with Crippen LogP contribution in [0.2, 0.25) is 5.02 Å². The molecule has 5 nitrogen and oxygen atoms in total. The summed E-state index contributed by atoms with van der Waals surface area (Å²) in [7, 11) is 0. The predicted octanol–water partition coefficient (Wildman–Crippen LogP) is 4.50. The van der Waals surface area contributed by atoms with Crippen LogP contribution in [-0.4, -0.2) is 42.9 Å². The van der Waals surface area contributed by atoms with E-state index >= 15 is 0 Å². The van der Waals surface area contributed by atoms with Gasteiger partial charge in [-0.1, -0.05) is 25.4 Å². The van der Waals surface area contributed by atoms with E-state index in [1.807, 2.05) is 43.0 Å². The highest BCUT2D eigenvalue weighted by Gasteiger charge is 2.24. The number of carbonyl (C=O) groups is 2. The average Bonchev–Trinajstić information content (AvgIpc) is 2.68. The summed E-state index contributed by atoms with van der Waals surface area (Å²) < 4.78 is 1.08. The van der Waals surface area contributed by atoms with Crippen molar-refractivity contribution in [3.05, 3.63) is 56.6 Å². The van der Waals surface area contributed by atoms with Crippen molar-refractivity contribution in [1.82, 2.24) is 4.90 Å². The maximum atomic E-state index is 12.7. The molecule has 2 aromatic rings. The minimum absolute atomic E-state index is 0.00543. The van der Waals surface area contributed by atoms with Crippen LogP contribution < -0.4 is 10.2 Å². The van der Waals surface area contributed by atoms with Crippen molar-refractivity contribution < 1.29 is 9.59 Å². The van der Waals surface area contributed by atoms with E-state index < -0.39 is 0 Å². The summed E-state index contributed by atoms with van der Waals surface area (Å²) in [4.78, 5) is 29.0. The molecule has 1 N–H and O–H groups in total. The fourth-order valence-corrected chi connectivity index (χ4v) is 3.74. The number of carbonyl (C=O) groups excluding carboxylic acids is 2. The number of halogens is 2. The Balaban J connectivity index is 1.75. The molecule has 28 heavy (non-hydrogen) atoms. The molecule has 1 saturated heterocycles. The van der Waals surface area contributed by atoms with Crippen molar-refractivity contribution >= 4 is 57.4 Å². The first kappa shape index (κ1) is 20.9. The number of rotatable bonds is 4. The van der Waals surface area contributed by atoms with Gasteiger partial charge in [0.1, 0.15) is 0 Å². The van der Waals surface area contributed by atoms with Gasteiger partial charge in [-0.3, -0.25) is 9.59 Å². The van der Waals surface area contributed by atoms with Gasteiger partial charge < -0.3 is 15.1 Å². The van der Waals surface area contributed by atoms with E-state index in [9.17, 15) is 9.59 Å². The summed E-state index contributed by atoms with van der Waals surface area (Å²) in [5.41, 5.74) is 2.19. The largest absolute Gasteiger partial charge is 0.366 e. The van der Waals surface area contributed by atoms with E-state index in [0.29, 0.717) is 42.5 Å². The Labute approximate surface area is 184 Å². The topological polar surface area (TPSA) is 52.7 Å².